The molecule has 0 saturated carbocycles. The number of rotatable bonds is 8. The van der Waals surface area contributed by atoms with Gasteiger partial charge >= 0.3 is 0 Å². The van der Waals surface area contributed by atoms with Crippen LogP contribution < -0.4 is 0 Å². The highest BCUT2D eigenvalue weighted by Crippen LogP contribution is 2.07. The Morgan fingerprint density at radius 2 is 1.93 bits per heavy atom. The van der Waals surface area contributed by atoms with Crippen molar-refractivity contribution in [3.8, 4) is 0 Å². The molecule has 0 aromatic rings. The number of unbranched alkanes of at least 4 members (excludes halogenated alkanes) is 3. The summed E-state index contributed by atoms with van der Waals surface area (Å²) in [4.78, 5) is 2.34. The Bertz CT molecular complexity index is 170. The molecule has 0 atom stereocenters. The molecule has 0 aromatic heterocycles. The van der Waals surface area contributed by atoms with Crippen molar-refractivity contribution >= 4 is 0 Å². The molecule has 82 valence electrons. The van der Waals surface area contributed by atoms with Gasteiger partial charge in [0.25, 0.3) is 0 Å². The maximum atomic E-state index is 4.05. The van der Waals surface area contributed by atoms with E-state index < -0.39 is 0 Å². The molecule has 0 aliphatic carbocycles. The quantitative estimate of drug-likeness (QED) is 0.418. The molecule has 0 aromatic carbocycles. The minimum Gasteiger partial charge on any atom is -0.372 e. The van der Waals surface area contributed by atoms with Crippen molar-refractivity contribution in [3.63, 3.8) is 0 Å². The van der Waals surface area contributed by atoms with Gasteiger partial charge in [0.05, 0.1) is 0 Å². The van der Waals surface area contributed by atoms with Crippen LogP contribution in [0.15, 0.2) is 24.4 Å². The van der Waals surface area contributed by atoms with Crippen molar-refractivity contribution in [2.75, 3.05) is 13.1 Å². The average molecular weight is 195 g/mol. The van der Waals surface area contributed by atoms with Gasteiger partial charge in [-0.2, -0.15) is 0 Å². The van der Waals surface area contributed by atoms with Gasteiger partial charge in [0.2, 0.25) is 0 Å². The molecule has 1 nitrogen and oxygen atoms in total. The van der Waals surface area contributed by atoms with Crippen LogP contribution in [0.25, 0.3) is 0 Å². The molecule has 1 heteroatoms. The second-order valence-electron chi connectivity index (χ2n) is 3.63. The van der Waals surface area contributed by atoms with Gasteiger partial charge in [-0.3, -0.25) is 0 Å². The van der Waals surface area contributed by atoms with E-state index in [2.05, 4.69) is 37.5 Å². The fourth-order valence-electron chi connectivity index (χ4n) is 1.53. The van der Waals surface area contributed by atoms with Gasteiger partial charge in [-0.05, 0) is 26.3 Å². The lowest BCUT2D eigenvalue weighted by molar-refractivity contribution is 0.361. The van der Waals surface area contributed by atoms with Gasteiger partial charge in [-0.15, -0.1) is 0 Å². The highest BCUT2D eigenvalue weighted by atomic mass is 15.1. The molecule has 0 heterocycles. The van der Waals surface area contributed by atoms with Crippen LogP contribution in [0.4, 0.5) is 0 Å². The predicted octanol–water partition coefficient (Wildman–Crippen LogP) is 3.98. The molecular weight excluding hydrogens is 170 g/mol. The van der Waals surface area contributed by atoms with Crippen molar-refractivity contribution in [3.05, 3.63) is 24.4 Å². The average Bonchev–Trinajstić information content (AvgIpc) is 2.18. The predicted molar refractivity (Wildman–Crippen MR) is 65.3 cm³/mol. The standard InChI is InChI=1S/C13H25N/c1-5-8-9-10-12-14(7-3)13(4)11-6-2/h6,11H,4-5,7-10,12H2,1-3H3. The van der Waals surface area contributed by atoms with Crippen LogP contribution >= 0.6 is 0 Å². The zero-order valence-electron chi connectivity index (χ0n) is 10.1. The molecule has 0 saturated heterocycles. The summed E-state index contributed by atoms with van der Waals surface area (Å²) in [6.45, 7) is 12.7. The second kappa shape index (κ2) is 8.86. The Morgan fingerprint density at radius 3 is 2.43 bits per heavy atom. The van der Waals surface area contributed by atoms with E-state index in [-0.39, 0.29) is 0 Å². The summed E-state index contributed by atoms with van der Waals surface area (Å²) >= 11 is 0. The topological polar surface area (TPSA) is 3.24 Å². The van der Waals surface area contributed by atoms with Gasteiger partial charge in [0, 0.05) is 18.8 Å². The van der Waals surface area contributed by atoms with Gasteiger partial charge in [-0.25, -0.2) is 0 Å². The third-order valence-corrected chi connectivity index (χ3v) is 2.43. The third kappa shape index (κ3) is 5.85. The first-order chi connectivity index (χ1) is 6.76. The maximum absolute atomic E-state index is 4.05. The molecule has 0 unspecified atom stereocenters. The number of allylic oxidation sites excluding steroid dienone is 2. The van der Waals surface area contributed by atoms with Crippen LogP contribution in [0, 0.1) is 0 Å². The first kappa shape index (κ1) is 13.3. The van der Waals surface area contributed by atoms with Crippen LogP contribution in [0.2, 0.25) is 0 Å². The van der Waals surface area contributed by atoms with E-state index in [4.69, 9.17) is 0 Å². The van der Waals surface area contributed by atoms with Crippen LogP contribution in [-0.4, -0.2) is 18.0 Å². The molecule has 0 spiro atoms. The Labute approximate surface area is 89.5 Å². The van der Waals surface area contributed by atoms with E-state index >= 15 is 0 Å². The molecule has 0 fully saturated rings. The van der Waals surface area contributed by atoms with Crippen LogP contribution in [0.5, 0.6) is 0 Å². The first-order valence-electron chi connectivity index (χ1n) is 5.82. The number of hydrogen-bond acceptors (Lipinski definition) is 1. The lowest BCUT2D eigenvalue weighted by Crippen LogP contribution is -2.22. The molecule has 0 N–H and O–H groups in total. The minimum absolute atomic E-state index is 1.06. The van der Waals surface area contributed by atoms with Crippen LogP contribution in [0.1, 0.15) is 46.5 Å². The van der Waals surface area contributed by atoms with Gasteiger partial charge in [-0.1, -0.05) is 38.8 Å². The van der Waals surface area contributed by atoms with Crippen molar-refractivity contribution in [2.45, 2.75) is 46.5 Å². The molecule has 0 aliphatic rings. The summed E-state index contributed by atoms with van der Waals surface area (Å²) in [7, 11) is 0. The molecular formula is C13H25N. The van der Waals surface area contributed by atoms with Gasteiger partial charge in [0.15, 0.2) is 0 Å². The lowest BCUT2D eigenvalue weighted by Gasteiger charge is -2.23. The highest BCUT2D eigenvalue weighted by molar-refractivity contribution is 5.12. The second-order valence-corrected chi connectivity index (χ2v) is 3.63. The molecule has 0 aliphatic heterocycles. The van der Waals surface area contributed by atoms with Crippen molar-refractivity contribution in [1.82, 2.24) is 4.90 Å². The van der Waals surface area contributed by atoms with E-state index in [1.165, 1.54) is 25.7 Å². The van der Waals surface area contributed by atoms with E-state index in [1.54, 1.807) is 0 Å². The largest absolute Gasteiger partial charge is 0.372 e. The number of nitrogens with zero attached hydrogens (tertiary/aromatic N) is 1. The van der Waals surface area contributed by atoms with Gasteiger partial charge in [0.1, 0.15) is 0 Å². The Balaban J connectivity index is 3.73. The summed E-state index contributed by atoms with van der Waals surface area (Å²) in [6, 6.07) is 0. The summed E-state index contributed by atoms with van der Waals surface area (Å²) in [6.07, 6.45) is 9.43. The zero-order valence-corrected chi connectivity index (χ0v) is 10.1. The van der Waals surface area contributed by atoms with Crippen molar-refractivity contribution in [2.24, 2.45) is 0 Å². The van der Waals surface area contributed by atoms with Crippen LogP contribution in [0.3, 0.4) is 0 Å². The van der Waals surface area contributed by atoms with Crippen molar-refractivity contribution in [1.29, 1.82) is 0 Å². The molecule has 0 bridgehead atoms. The molecule has 14 heavy (non-hydrogen) atoms. The Hall–Kier alpha value is -0.720. The highest BCUT2D eigenvalue weighted by Gasteiger charge is 2.01. The van der Waals surface area contributed by atoms with Crippen LogP contribution in [-0.2, 0) is 0 Å². The van der Waals surface area contributed by atoms with Crippen molar-refractivity contribution < 1.29 is 0 Å². The Kier molecular flexibility index (Phi) is 8.40. The maximum Gasteiger partial charge on any atom is 0.0289 e. The fraction of sp³-hybridized carbons (Fsp3) is 0.692. The zero-order chi connectivity index (χ0) is 10.8. The lowest BCUT2D eigenvalue weighted by atomic mass is 10.2. The van der Waals surface area contributed by atoms with Gasteiger partial charge < -0.3 is 4.90 Å². The summed E-state index contributed by atoms with van der Waals surface area (Å²) in [5.74, 6) is 0. The van der Waals surface area contributed by atoms with E-state index in [0.29, 0.717) is 0 Å². The number of hydrogen-bond donors (Lipinski definition) is 0. The number of likely N-dealkylation sites (N-methyl/N-ethyl adjacent to an activating group) is 1. The third-order valence-electron chi connectivity index (χ3n) is 2.43. The van der Waals surface area contributed by atoms with E-state index in [0.717, 1.165) is 18.8 Å². The van der Waals surface area contributed by atoms with E-state index in [1.807, 2.05) is 6.92 Å². The SMILES string of the molecule is C=C(C=CC)N(CC)CCCCCC. The normalized spacial score (nSPS) is 10.8. The van der Waals surface area contributed by atoms with E-state index in [9.17, 15) is 0 Å². The molecule has 0 amide bonds. The Morgan fingerprint density at radius 1 is 1.21 bits per heavy atom. The first-order valence-corrected chi connectivity index (χ1v) is 5.82. The smallest absolute Gasteiger partial charge is 0.0289 e. The molecule has 0 rings (SSSR count). The summed E-state index contributed by atoms with van der Waals surface area (Å²) in [5, 5.41) is 0. The summed E-state index contributed by atoms with van der Waals surface area (Å²) in [5.41, 5.74) is 1.14. The fourth-order valence-corrected chi connectivity index (χ4v) is 1.53. The minimum atomic E-state index is 1.06. The summed E-state index contributed by atoms with van der Waals surface area (Å²) < 4.78 is 0. The molecule has 0 radical (unpaired) electrons. The monoisotopic (exact) mass is 195 g/mol.